The van der Waals surface area contributed by atoms with Crippen LogP contribution in [-0.4, -0.2) is 57.6 Å². The molecule has 8 heteroatoms. The fourth-order valence-electron chi connectivity index (χ4n) is 2.99. The minimum Gasteiger partial charge on any atom is -0.491 e. The maximum absolute atomic E-state index is 12.8. The Morgan fingerprint density at radius 3 is 2.62 bits per heavy atom. The van der Waals surface area contributed by atoms with Gasteiger partial charge in [-0.3, -0.25) is 4.79 Å². The number of piperazine rings is 1. The maximum Gasteiger partial charge on any atom is 0.276 e. The lowest BCUT2D eigenvalue weighted by Gasteiger charge is -2.33. The quantitative estimate of drug-likeness (QED) is 0.881. The number of nitrogens with zero attached hydrogens (tertiary/aromatic N) is 4. The SMILES string of the molecule is Cc1c(C(=O)N2CCNCC2C)nnn1-c1ccc(OC(C)C)cc1.Cl. The number of halogens is 1. The molecule has 1 aromatic heterocycles. The normalized spacial score (nSPS) is 17.1. The van der Waals surface area contributed by atoms with Crippen LogP contribution in [-0.2, 0) is 0 Å². The summed E-state index contributed by atoms with van der Waals surface area (Å²) in [6, 6.07) is 7.78. The van der Waals surface area contributed by atoms with Crippen molar-refractivity contribution in [1.82, 2.24) is 25.2 Å². The third-order valence-corrected chi connectivity index (χ3v) is 4.31. The van der Waals surface area contributed by atoms with E-state index in [9.17, 15) is 4.79 Å². The van der Waals surface area contributed by atoms with Gasteiger partial charge in [0, 0.05) is 25.7 Å². The van der Waals surface area contributed by atoms with E-state index in [0.717, 1.165) is 30.2 Å². The predicted molar refractivity (Wildman–Crippen MR) is 102 cm³/mol. The number of carbonyl (C=O) groups is 1. The first-order chi connectivity index (χ1) is 12.0. The van der Waals surface area contributed by atoms with Crippen LogP contribution in [0.3, 0.4) is 0 Å². The molecule has 3 rings (SSSR count). The van der Waals surface area contributed by atoms with Gasteiger partial charge in [0.25, 0.3) is 5.91 Å². The molecule has 26 heavy (non-hydrogen) atoms. The van der Waals surface area contributed by atoms with E-state index in [1.807, 2.05) is 56.9 Å². The number of aromatic nitrogens is 3. The molecule has 1 aromatic carbocycles. The van der Waals surface area contributed by atoms with Crippen molar-refractivity contribution in [2.24, 2.45) is 0 Å². The van der Waals surface area contributed by atoms with Crippen molar-refractivity contribution in [2.45, 2.75) is 39.8 Å². The Morgan fingerprint density at radius 2 is 2.00 bits per heavy atom. The Hall–Kier alpha value is -2.12. The topological polar surface area (TPSA) is 72.3 Å². The Labute approximate surface area is 160 Å². The van der Waals surface area contributed by atoms with Gasteiger partial charge in [0.1, 0.15) is 5.75 Å². The van der Waals surface area contributed by atoms with E-state index >= 15 is 0 Å². The molecule has 1 unspecified atom stereocenters. The second kappa shape index (κ2) is 8.51. The van der Waals surface area contributed by atoms with Crippen molar-refractivity contribution in [3.63, 3.8) is 0 Å². The summed E-state index contributed by atoms with van der Waals surface area (Å²) >= 11 is 0. The largest absolute Gasteiger partial charge is 0.491 e. The van der Waals surface area contributed by atoms with E-state index < -0.39 is 0 Å². The lowest BCUT2D eigenvalue weighted by Crippen LogP contribution is -2.52. The summed E-state index contributed by atoms with van der Waals surface area (Å²) in [4.78, 5) is 14.7. The Bertz CT molecular complexity index is 745. The highest BCUT2D eigenvalue weighted by Crippen LogP contribution is 2.19. The number of ether oxygens (including phenoxy) is 1. The molecule has 2 aromatic rings. The summed E-state index contributed by atoms with van der Waals surface area (Å²) in [5, 5.41) is 11.6. The van der Waals surface area contributed by atoms with Gasteiger partial charge in [0.15, 0.2) is 5.69 Å². The molecule has 1 N–H and O–H groups in total. The standard InChI is InChI=1S/C18H25N5O2.ClH/c1-12(2)25-16-7-5-15(6-8-16)23-14(4)17(20-21-23)18(24)22-10-9-19-11-13(22)3;/h5-8,12-13,19H,9-11H2,1-4H3;1H. The summed E-state index contributed by atoms with van der Waals surface area (Å²) in [5.74, 6) is 0.750. The van der Waals surface area contributed by atoms with Gasteiger partial charge in [0.2, 0.25) is 0 Å². The molecule has 1 atom stereocenters. The molecule has 2 heterocycles. The highest BCUT2D eigenvalue weighted by atomic mass is 35.5. The highest BCUT2D eigenvalue weighted by Gasteiger charge is 2.28. The lowest BCUT2D eigenvalue weighted by molar-refractivity contribution is 0.0649. The van der Waals surface area contributed by atoms with Crippen molar-refractivity contribution < 1.29 is 9.53 Å². The highest BCUT2D eigenvalue weighted by molar-refractivity contribution is 5.93. The van der Waals surface area contributed by atoms with E-state index in [1.165, 1.54) is 0 Å². The van der Waals surface area contributed by atoms with Gasteiger partial charge in [-0.2, -0.15) is 0 Å². The molecular weight excluding hydrogens is 354 g/mol. The Morgan fingerprint density at radius 1 is 1.31 bits per heavy atom. The molecule has 1 fully saturated rings. The molecule has 7 nitrogen and oxygen atoms in total. The van der Waals surface area contributed by atoms with Gasteiger partial charge in [-0.1, -0.05) is 5.21 Å². The molecule has 1 amide bonds. The molecule has 0 radical (unpaired) electrons. The fraction of sp³-hybridized carbons (Fsp3) is 0.500. The smallest absolute Gasteiger partial charge is 0.276 e. The van der Waals surface area contributed by atoms with Crippen LogP contribution in [0, 0.1) is 6.92 Å². The number of rotatable bonds is 4. The number of amides is 1. The summed E-state index contributed by atoms with van der Waals surface area (Å²) < 4.78 is 7.35. The van der Waals surface area contributed by atoms with E-state index in [0.29, 0.717) is 12.2 Å². The van der Waals surface area contributed by atoms with Crippen molar-refractivity contribution in [2.75, 3.05) is 19.6 Å². The summed E-state index contributed by atoms with van der Waals surface area (Å²) in [7, 11) is 0. The molecule has 1 aliphatic rings. The van der Waals surface area contributed by atoms with E-state index in [1.54, 1.807) is 4.68 Å². The predicted octanol–water partition coefficient (Wildman–Crippen LogP) is 2.22. The first kappa shape index (κ1) is 20.2. The zero-order valence-electron chi connectivity index (χ0n) is 15.6. The average Bonchev–Trinajstić information content (AvgIpc) is 2.96. The zero-order valence-corrected chi connectivity index (χ0v) is 16.4. The molecule has 1 aliphatic heterocycles. The molecule has 1 saturated heterocycles. The number of hydrogen-bond acceptors (Lipinski definition) is 5. The molecule has 0 aliphatic carbocycles. The van der Waals surface area contributed by atoms with Crippen LogP contribution in [0.15, 0.2) is 24.3 Å². The van der Waals surface area contributed by atoms with Crippen LogP contribution in [0.2, 0.25) is 0 Å². The van der Waals surface area contributed by atoms with Gasteiger partial charge in [-0.15, -0.1) is 17.5 Å². The maximum atomic E-state index is 12.8. The van der Waals surface area contributed by atoms with Crippen molar-refractivity contribution >= 4 is 18.3 Å². The van der Waals surface area contributed by atoms with E-state index in [4.69, 9.17) is 4.74 Å². The Kier molecular flexibility index (Phi) is 6.61. The fourth-order valence-corrected chi connectivity index (χ4v) is 2.99. The average molecular weight is 380 g/mol. The minimum atomic E-state index is -0.0579. The van der Waals surface area contributed by atoms with Crippen LogP contribution in [0.4, 0.5) is 0 Å². The van der Waals surface area contributed by atoms with Crippen LogP contribution in [0.5, 0.6) is 5.75 Å². The zero-order chi connectivity index (χ0) is 18.0. The first-order valence-corrected chi connectivity index (χ1v) is 8.68. The monoisotopic (exact) mass is 379 g/mol. The van der Waals surface area contributed by atoms with Crippen LogP contribution < -0.4 is 10.1 Å². The summed E-state index contributed by atoms with van der Waals surface area (Å²) in [6.07, 6.45) is 0.129. The summed E-state index contributed by atoms with van der Waals surface area (Å²) in [5.41, 5.74) is 2.01. The van der Waals surface area contributed by atoms with Crippen molar-refractivity contribution in [3.05, 3.63) is 35.7 Å². The summed E-state index contributed by atoms with van der Waals surface area (Å²) in [6.45, 7) is 10.2. The van der Waals surface area contributed by atoms with E-state index in [2.05, 4.69) is 15.6 Å². The second-order valence-corrected chi connectivity index (χ2v) is 6.65. The minimum absolute atomic E-state index is 0. The first-order valence-electron chi connectivity index (χ1n) is 8.68. The van der Waals surface area contributed by atoms with Gasteiger partial charge in [-0.05, 0) is 52.0 Å². The van der Waals surface area contributed by atoms with Gasteiger partial charge < -0.3 is 15.0 Å². The number of benzene rings is 1. The number of nitrogens with one attached hydrogen (secondary N) is 1. The molecule has 142 valence electrons. The number of hydrogen-bond donors (Lipinski definition) is 1. The van der Waals surface area contributed by atoms with Crippen LogP contribution in [0.25, 0.3) is 5.69 Å². The van der Waals surface area contributed by atoms with Crippen LogP contribution in [0.1, 0.15) is 37.0 Å². The van der Waals surface area contributed by atoms with Gasteiger partial charge in [-0.25, -0.2) is 4.68 Å². The molecule has 0 spiro atoms. The van der Waals surface area contributed by atoms with Crippen molar-refractivity contribution in [3.8, 4) is 11.4 Å². The Balaban J connectivity index is 0.00000243. The number of carbonyl (C=O) groups excluding carboxylic acids is 1. The van der Waals surface area contributed by atoms with Crippen molar-refractivity contribution in [1.29, 1.82) is 0 Å². The lowest BCUT2D eigenvalue weighted by atomic mass is 10.2. The van der Waals surface area contributed by atoms with Crippen LogP contribution >= 0.6 is 12.4 Å². The molecule has 0 bridgehead atoms. The third kappa shape index (κ3) is 4.16. The third-order valence-electron chi connectivity index (χ3n) is 4.31. The second-order valence-electron chi connectivity index (χ2n) is 6.65. The molecule has 0 saturated carbocycles. The van der Waals surface area contributed by atoms with Gasteiger partial charge >= 0.3 is 0 Å². The molecular formula is C18H26ClN5O2. The van der Waals surface area contributed by atoms with Gasteiger partial charge in [0.05, 0.1) is 17.5 Å². The van der Waals surface area contributed by atoms with E-state index in [-0.39, 0.29) is 30.5 Å².